The lowest BCUT2D eigenvalue weighted by Gasteiger charge is -2.34. The van der Waals surface area contributed by atoms with Gasteiger partial charge in [0.25, 0.3) is 0 Å². The highest BCUT2D eigenvalue weighted by Crippen LogP contribution is 2.36. The van der Waals surface area contributed by atoms with Crippen molar-refractivity contribution < 1.29 is 9.84 Å². The third-order valence-corrected chi connectivity index (χ3v) is 4.83. The maximum atomic E-state index is 8.70. The number of thiophene rings is 1. The second-order valence-corrected chi connectivity index (χ2v) is 7.38. The topological polar surface area (TPSA) is 29.5 Å². The lowest BCUT2D eigenvalue weighted by molar-refractivity contribution is -0.00448. The Morgan fingerprint density at radius 3 is 2.80 bits per heavy atom. The van der Waals surface area contributed by atoms with E-state index in [0.29, 0.717) is 24.5 Å². The molecule has 0 atom stereocenters. The first-order chi connectivity index (χ1) is 9.59. The summed E-state index contributed by atoms with van der Waals surface area (Å²) >= 11 is 1.69. The van der Waals surface area contributed by atoms with E-state index in [4.69, 9.17) is 9.84 Å². The van der Waals surface area contributed by atoms with Crippen LogP contribution >= 0.6 is 11.3 Å². The monoisotopic (exact) mass is 292 g/mol. The fourth-order valence-electron chi connectivity index (χ4n) is 2.47. The van der Waals surface area contributed by atoms with Crippen LogP contribution < -0.4 is 0 Å². The fraction of sp³-hybridized carbons (Fsp3) is 0.647. The zero-order valence-corrected chi connectivity index (χ0v) is 13.3. The van der Waals surface area contributed by atoms with Gasteiger partial charge in [0.15, 0.2) is 0 Å². The first kappa shape index (κ1) is 15.6. The van der Waals surface area contributed by atoms with E-state index >= 15 is 0 Å². The van der Waals surface area contributed by atoms with E-state index in [1.807, 2.05) is 6.07 Å². The standard InChI is InChI=1S/C17H24O2S/c1-17(2)10-8-14(9-11-17)19-13-16-7-6-15(20-16)5-3-4-12-18/h6-7,14,18H,4,8-13H2,1-2H3. The molecule has 1 saturated carbocycles. The molecule has 3 heteroatoms. The van der Waals surface area contributed by atoms with E-state index in [2.05, 4.69) is 31.8 Å². The highest BCUT2D eigenvalue weighted by molar-refractivity contribution is 7.12. The first-order valence-corrected chi connectivity index (χ1v) is 8.21. The van der Waals surface area contributed by atoms with E-state index in [1.54, 1.807) is 11.3 Å². The molecule has 1 aromatic rings. The van der Waals surface area contributed by atoms with Crippen LogP contribution in [0.25, 0.3) is 0 Å². The average molecular weight is 292 g/mol. The van der Waals surface area contributed by atoms with Crippen molar-refractivity contribution in [2.75, 3.05) is 6.61 Å². The van der Waals surface area contributed by atoms with Crippen molar-refractivity contribution in [2.24, 2.45) is 5.41 Å². The molecule has 1 fully saturated rings. The summed E-state index contributed by atoms with van der Waals surface area (Å²) in [5, 5.41) is 8.70. The quantitative estimate of drug-likeness (QED) is 0.851. The van der Waals surface area contributed by atoms with Gasteiger partial charge in [0.05, 0.1) is 24.2 Å². The minimum atomic E-state index is 0.131. The van der Waals surface area contributed by atoms with Gasteiger partial charge in [0, 0.05) is 11.3 Å². The SMILES string of the molecule is CC1(C)CCC(OCc2ccc(C#CCCO)s2)CC1. The zero-order valence-electron chi connectivity index (χ0n) is 12.4. The first-order valence-electron chi connectivity index (χ1n) is 7.39. The van der Waals surface area contributed by atoms with Crippen molar-refractivity contribution >= 4 is 11.3 Å². The van der Waals surface area contributed by atoms with E-state index in [0.717, 1.165) is 4.88 Å². The number of ether oxygens (including phenoxy) is 1. The van der Waals surface area contributed by atoms with Gasteiger partial charge in [-0.1, -0.05) is 25.7 Å². The summed E-state index contributed by atoms with van der Waals surface area (Å²) in [5.74, 6) is 6.02. The van der Waals surface area contributed by atoms with Crippen LogP contribution in [0.5, 0.6) is 0 Å². The lowest BCUT2D eigenvalue weighted by atomic mass is 9.76. The maximum absolute atomic E-state index is 8.70. The molecule has 0 radical (unpaired) electrons. The Balaban J connectivity index is 1.76. The van der Waals surface area contributed by atoms with Crippen molar-refractivity contribution in [1.82, 2.24) is 0 Å². The fourth-order valence-corrected chi connectivity index (χ4v) is 3.27. The van der Waals surface area contributed by atoms with Crippen LogP contribution in [0.2, 0.25) is 0 Å². The molecular weight excluding hydrogens is 268 g/mol. The van der Waals surface area contributed by atoms with Gasteiger partial charge in [0.1, 0.15) is 0 Å². The molecule has 2 nitrogen and oxygen atoms in total. The molecule has 110 valence electrons. The van der Waals surface area contributed by atoms with Crippen molar-refractivity contribution in [3.8, 4) is 11.8 Å². The van der Waals surface area contributed by atoms with E-state index in [-0.39, 0.29) is 6.61 Å². The molecule has 1 aromatic heterocycles. The summed E-state index contributed by atoms with van der Waals surface area (Å²) in [5.41, 5.74) is 0.498. The second kappa shape index (κ2) is 7.26. The number of aliphatic hydroxyl groups is 1. The minimum absolute atomic E-state index is 0.131. The van der Waals surface area contributed by atoms with Crippen LogP contribution in [0.4, 0.5) is 0 Å². The summed E-state index contributed by atoms with van der Waals surface area (Å²) in [4.78, 5) is 2.30. The summed E-state index contributed by atoms with van der Waals surface area (Å²) in [6.07, 6.45) is 5.86. The Hall–Kier alpha value is -0.820. The highest BCUT2D eigenvalue weighted by atomic mass is 32.1. The predicted molar refractivity (Wildman–Crippen MR) is 83.7 cm³/mol. The molecule has 0 amide bonds. The van der Waals surface area contributed by atoms with Crippen molar-refractivity contribution in [3.05, 3.63) is 21.9 Å². The summed E-state index contributed by atoms with van der Waals surface area (Å²) in [6, 6.07) is 4.14. The van der Waals surface area contributed by atoms with Gasteiger partial charge in [-0.05, 0) is 43.2 Å². The van der Waals surface area contributed by atoms with Gasteiger partial charge in [-0.15, -0.1) is 11.3 Å². The molecule has 1 aliphatic rings. The molecule has 1 heterocycles. The average Bonchev–Trinajstić information content (AvgIpc) is 2.86. The molecule has 0 spiro atoms. The van der Waals surface area contributed by atoms with Crippen LogP contribution in [0.1, 0.15) is 55.7 Å². The molecule has 0 aliphatic heterocycles. The van der Waals surface area contributed by atoms with Crippen molar-refractivity contribution in [3.63, 3.8) is 0 Å². The van der Waals surface area contributed by atoms with Gasteiger partial charge >= 0.3 is 0 Å². The third kappa shape index (κ3) is 4.94. The molecule has 20 heavy (non-hydrogen) atoms. The number of hydrogen-bond acceptors (Lipinski definition) is 3. The summed E-state index contributed by atoms with van der Waals surface area (Å²) in [7, 11) is 0. The van der Waals surface area contributed by atoms with Gasteiger partial charge in [-0.3, -0.25) is 0 Å². The number of rotatable bonds is 4. The summed E-state index contributed by atoms with van der Waals surface area (Å²) in [6.45, 7) is 5.53. The van der Waals surface area contributed by atoms with Gasteiger partial charge in [-0.25, -0.2) is 0 Å². The van der Waals surface area contributed by atoms with E-state index < -0.39 is 0 Å². The Bertz CT molecular complexity index is 469. The third-order valence-electron chi connectivity index (χ3n) is 3.86. The Morgan fingerprint density at radius 2 is 2.10 bits per heavy atom. The predicted octanol–water partition coefficient (Wildman–Crippen LogP) is 3.97. The van der Waals surface area contributed by atoms with E-state index in [1.165, 1.54) is 30.6 Å². The van der Waals surface area contributed by atoms with Crippen molar-refractivity contribution in [1.29, 1.82) is 0 Å². The molecule has 1 N–H and O–H groups in total. The molecule has 0 unspecified atom stereocenters. The molecule has 0 bridgehead atoms. The van der Waals surface area contributed by atoms with Crippen LogP contribution in [0.3, 0.4) is 0 Å². The Kier molecular flexibility index (Phi) is 5.65. The highest BCUT2D eigenvalue weighted by Gasteiger charge is 2.27. The smallest absolute Gasteiger partial charge is 0.0813 e. The van der Waals surface area contributed by atoms with E-state index in [9.17, 15) is 0 Å². The second-order valence-electron chi connectivity index (χ2n) is 6.22. The normalized spacial score (nSPS) is 18.6. The van der Waals surface area contributed by atoms with Crippen LogP contribution in [0.15, 0.2) is 12.1 Å². The zero-order chi connectivity index (χ0) is 14.4. The molecule has 1 aliphatic carbocycles. The minimum Gasteiger partial charge on any atom is -0.395 e. The summed E-state index contributed by atoms with van der Waals surface area (Å²) < 4.78 is 6.02. The van der Waals surface area contributed by atoms with Gasteiger partial charge < -0.3 is 9.84 Å². The number of aliphatic hydroxyl groups excluding tert-OH is 1. The van der Waals surface area contributed by atoms with Gasteiger partial charge in [-0.2, -0.15) is 0 Å². The number of hydrogen-bond donors (Lipinski definition) is 1. The largest absolute Gasteiger partial charge is 0.395 e. The lowest BCUT2D eigenvalue weighted by Crippen LogP contribution is -2.26. The molecule has 0 aromatic carbocycles. The van der Waals surface area contributed by atoms with Crippen molar-refractivity contribution in [2.45, 2.75) is 58.7 Å². The molecular formula is C17H24O2S. The Labute approximate surface area is 126 Å². The molecule has 0 saturated heterocycles. The van der Waals surface area contributed by atoms with Crippen LogP contribution in [-0.2, 0) is 11.3 Å². The Morgan fingerprint density at radius 1 is 1.35 bits per heavy atom. The van der Waals surface area contributed by atoms with Crippen LogP contribution in [0, 0.1) is 17.3 Å². The molecule has 2 rings (SSSR count). The van der Waals surface area contributed by atoms with Gasteiger partial charge in [0.2, 0.25) is 0 Å². The maximum Gasteiger partial charge on any atom is 0.0813 e. The van der Waals surface area contributed by atoms with Crippen LogP contribution in [-0.4, -0.2) is 17.8 Å².